The molecule has 3 amide bonds. The molecule has 0 radical (unpaired) electrons. The van der Waals surface area contributed by atoms with E-state index in [4.69, 9.17) is 28.4 Å². The summed E-state index contributed by atoms with van der Waals surface area (Å²) in [6.45, 7) is 21.7. The maximum Gasteiger partial charge on any atom is 0.253 e. The molecule has 83 heavy (non-hydrogen) atoms. The van der Waals surface area contributed by atoms with Crippen molar-refractivity contribution in [3.05, 3.63) is 122 Å². The first-order valence-electron chi connectivity index (χ1n) is 29.2. The number of nitrogens with one attached hydrogen (secondary N) is 4. The van der Waals surface area contributed by atoms with Crippen LogP contribution < -0.4 is 26.4 Å². The fraction of sp³-hybridized carbons (Fsp3) is 0.531. The molecule has 450 valence electrons. The molecule has 19 heteroatoms. The van der Waals surface area contributed by atoms with Gasteiger partial charge in [-0.1, -0.05) is 63.6 Å². The third kappa shape index (κ3) is 19.1. The number of hydrogen-bond donors (Lipinski definition) is 4. The number of rotatable bonds is 32. The van der Waals surface area contributed by atoms with Gasteiger partial charge >= 0.3 is 0 Å². The van der Waals surface area contributed by atoms with Crippen LogP contribution in [0.2, 0.25) is 0 Å². The molecule has 0 bridgehead atoms. The van der Waals surface area contributed by atoms with E-state index in [1.54, 1.807) is 23.1 Å². The summed E-state index contributed by atoms with van der Waals surface area (Å²) in [6.07, 6.45) is 3.84. The van der Waals surface area contributed by atoms with Crippen LogP contribution in [0.25, 0.3) is 21.6 Å². The number of H-pyrrole nitrogens is 1. The summed E-state index contributed by atoms with van der Waals surface area (Å²) in [5, 5.41) is 9.01. The number of benzene rings is 3. The number of hydrogen-bond acceptors (Lipinski definition) is 15. The number of aryl methyl sites for hydroxylation is 3. The summed E-state index contributed by atoms with van der Waals surface area (Å²) >= 11 is 3.31. The summed E-state index contributed by atoms with van der Waals surface area (Å²) in [5.74, 6) is -1.03. The van der Waals surface area contributed by atoms with Crippen LogP contribution in [0, 0.1) is 44.9 Å². The number of aromatic nitrogens is 2. The first kappa shape index (κ1) is 64.8. The lowest BCUT2D eigenvalue weighted by molar-refractivity contribution is -0.138. The molecule has 7 rings (SSSR count). The van der Waals surface area contributed by atoms with Gasteiger partial charge in [0.25, 0.3) is 11.5 Å². The van der Waals surface area contributed by atoms with Crippen molar-refractivity contribution in [2.45, 2.75) is 118 Å². The predicted octanol–water partition coefficient (Wildman–Crippen LogP) is 9.34. The van der Waals surface area contributed by atoms with E-state index in [1.165, 1.54) is 0 Å². The van der Waals surface area contributed by atoms with Crippen LogP contribution in [0.3, 0.4) is 0 Å². The summed E-state index contributed by atoms with van der Waals surface area (Å²) < 4.78 is 34.0. The third-order valence-corrected chi connectivity index (χ3v) is 17.3. The van der Waals surface area contributed by atoms with Crippen LogP contribution in [0.5, 0.6) is 0 Å². The number of pyridine rings is 1. The van der Waals surface area contributed by atoms with Crippen LogP contribution >= 0.6 is 23.1 Å². The number of carbonyl (C=O) groups excluding carboxylic acids is 4. The van der Waals surface area contributed by atoms with Gasteiger partial charge in [0.1, 0.15) is 6.61 Å². The van der Waals surface area contributed by atoms with E-state index < -0.39 is 29.2 Å². The minimum atomic E-state index is -0.773. The lowest BCUT2D eigenvalue weighted by atomic mass is 9.77. The molecule has 17 nitrogen and oxygen atoms in total. The number of ether oxygens (including phenoxy) is 6. The van der Waals surface area contributed by atoms with Crippen LogP contribution in [0.1, 0.15) is 104 Å². The van der Waals surface area contributed by atoms with Crippen molar-refractivity contribution < 1.29 is 47.6 Å². The monoisotopic (exact) mass is 1180 g/mol. The number of anilines is 1. The zero-order chi connectivity index (χ0) is 59.3. The Bertz CT molecular complexity index is 2950. The first-order valence-corrected chi connectivity index (χ1v) is 31.1. The molecule has 1 aliphatic carbocycles. The van der Waals surface area contributed by atoms with Gasteiger partial charge in [0.2, 0.25) is 11.8 Å². The molecule has 2 aliphatic rings. The van der Waals surface area contributed by atoms with Gasteiger partial charge in [-0.25, -0.2) is 4.98 Å². The van der Waals surface area contributed by atoms with Crippen LogP contribution in [0.4, 0.5) is 5.69 Å². The van der Waals surface area contributed by atoms with E-state index in [0.29, 0.717) is 96.0 Å². The zero-order valence-electron chi connectivity index (χ0n) is 49.8. The second-order valence-corrected chi connectivity index (χ2v) is 24.4. The lowest BCUT2D eigenvalue weighted by Gasteiger charge is -2.37. The highest BCUT2D eigenvalue weighted by molar-refractivity contribution is 7.99. The largest absolute Gasteiger partial charge is 0.381 e. The van der Waals surface area contributed by atoms with Crippen molar-refractivity contribution >= 4 is 52.3 Å². The molecular weight excluding hydrogens is 1090 g/mol. The Balaban J connectivity index is 0.731. The molecule has 3 heterocycles. The second kappa shape index (κ2) is 32.5. The molecule has 5 aromatic rings. The molecule has 2 aromatic heterocycles. The van der Waals surface area contributed by atoms with Crippen molar-refractivity contribution in [1.29, 1.82) is 0 Å². The predicted molar refractivity (Wildman–Crippen MR) is 327 cm³/mol. The van der Waals surface area contributed by atoms with E-state index >= 15 is 0 Å². The highest BCUT2D eigenvalue weighted by atomic mass is 32.2. The molecule has 2 fully saturated rings. The van der Waals surface area contributed by atoms with Crippen molar-refractivity contribution in [2.75, 3.05) is 96.5 Å². The number of ketones is 1. The van der Waals surface area contributed by atoms with Crippen LogP contribution in [-0.2, 0) is 55.9 Å². The number of thiazole rings is 1. The Hall–Kier alpha value is -5.77. The van der Waals surface area contributed by atoms with Crippen molar-refractivity contribution in [3.63, 3.8) is 0 Å². The molecule has 1 saturated heterocycles. The molecule has 0 spiro atoms. The fourth-order valence-corrected chi connectivity index (χ4v) is 12.4. The van der Waals surface area contributed by atoms with Gasteiger partial charge in [0.05, 0.1) is 81.6 Å². The second-order valence-electron chi connectivity index (χ2n) is 22.4. The Morgan fingerprint density at radius 3 is 2.00 bits per heavy atom. The van der Waals surface area contributed by atoms with E-state index in [9.17, 15) is 24.0 Å². The minimum Gasteiger partial charge on any atom is -0.381 e. The first-order chi connectivity index (χ1) is 40.0. The topological polar surface area (TPSA) is 209 Å². The van der Waals surface area contributed by atoms with Crippen molar-refractivity contribution in [1.82, 2.24) is 25.9 Å². The Kier molecular flexibility index (Phi) is 25.4. The number of thioether (sulfide) groups is 1. The van der Waals surface area contributed by atoms with Gasteiger partial charge in [-0.2, -0.15) is 0 Å². The summed E-state index contributed by atoms with van der Waals surface area (Å²) in [5.41, 5.74) is 10.8. The van der Waals surface area contributed by atoms with Crippen molar-refractivity contribution in [2.24, 2.45) is 17.3 Å². The molecule has 1 unspecified atom stereocenters. The Morgan fingerprint density at radius 1 is 0.759 bits per heavy atom. The highest BCUT2D eigenvalue weighted by Gasteiger charge is 2.44. The SMILES string of the molecule is CCN(c1cc(-c2ccc(SCCOCCOCCOCCOCCOCC(=O)N[C@H](C(=O)C3CCC[C@H]3C(=O)NCc3ccc(-c4scnc4C)cc3)C(C)(C)C)cc2)cc(C(=O)NCc2c(C)cc(C)[nH]c2=O)c1C)C1CCOCC1. The summed E-state index contributed by atoms with van der Waals surface area (Å²) in [7, 11) is 0. The molecule has 3 atom stereocenters. The van der Waals surface area contributed by atoms with Crippen molar-refractivity contribution in [3.8, 4) is 21.6 Å². The normalized spacial score (nSPS) is 16.0. The van der Waals surface area contributed by atoms with Gasteiger partial charge in [-0.15, -0.1) is 23.1 Å². The Morgan fingerprint density at radius 2 is 1.39 bits per heavy atom. The average Bonchev–Trinajstić information content (AvgIpc) is 4.26. The number of aromatic amines is 1. The smallest absolute Gasteiger partial charge is 0.253 e. The molecular formula is C64H86N6O11S2. The number of carbonyl (C=O) groups is 4. The molecule has 4 N–H and O–H groups in total. The summed E-state index contributed by atoms with van der Waals surface area (Å²) in [6, 6.07) is 22.1. The molecule has 1 saturated carbocycles. The Labute approximate surface area is 498 Å². The zero-order valence-corrected chi connectivity index (χ0v) is 51.4. The van der Waals surface area contributed by atoms with Crippen LogP contribution in [-0.4, -0.2) is 137 Å². The highest BCUT2D eigenvalue weighted by Crippen LogP contribution is 2.37. The maximum absolute atomic E-state index is 14.0. The fourth-order valence-electron chi connectivity index (χ4n) is 10.8. The van der Waals surface area contributed by atoms with Gasteiger partial charge in [-0.05, 0) is 129 Å². The quantitative estimate of drug-likeness (QED) is 0.0234. The third-order valence-electron chi connectivity index (χ3n) is 15.3. The lowest BCUT2D eigenvalue weighted by Crippen LogP contribution is -2.53. The van der Waals surface area contributed by atoms with Gasteiger partial charge < -0.3 is 54.3 Å². The van der Waals surface area contributed by atoms with E-state index in [2.05, 4.69) is 68.1 Å². The van der Waals surface area contributed by atoms with Crippen LogP contribution in [0.15, 0.2) is 81.9 Å². The number of amides is 3. The van der Waals surface area contributed by atoms with E-state index in [1.807, 2.05) is 90.4 Å². The molecule has 1 aliphatic heterocycles. The van der Waals surface area contributed by atoms with Gasteiger partial charge in [0, 0.05) is 83.9 Å². The van der Waals surface area contributed by atoms with E-state index in [-0.39, 0.29) is 49.5 Å². The standard InChI is InChI=1S/C64H86N6O11S2/c1-9-70(50-21-23-76-24-22-50)56-37-49(36-54(44(56)4)62(74)66-39-55-42(2)35-43(3)68-63(55)75)47-17-19-51(20-18-47)82-34-33-80-30-29-78-26-25-77-27-28-79-31-32-81-40-57(71)69-60(64(6,7)8)58(72)52-11-10-12-53(52)61(73)65-38-46-13-15-48(16-14-46)59-45(5)67-41-83-59/h13-20,35-37,41,50,52-53,60H,9-12,21-34,38-40H2,1-8H3,(H,65,73)(H,66,74)(H,68,75)(H,69,71)/t52?,53-,60-/m1/s1. The number of Topliss-reactive ketones (excluding diaryl/α,β-unsaturated/α-hetero) is 1. The molecule has 3 aromatic carbocycles. The summed E-state index contributed by atoms with van der Waals surface area (Å²) in [4.78, 5) is 79.0. The number of nitrogens with zero attached hydrogens (tertiary/aromatic N) is 2. The maximum atomic E-state index is 14.0. The minimum absolute atomic E-state index is 0.118. The van der Waals surface area contributed by atoms with Gasteiger partial charge in [-0.3, -0.25) is 24.0 Å². The van der Waals surface area contributed by atoms with E-state index in [0.717, 1.165) is 91.8 Å². The van der Waals surface area contributed by atoms with Gasteiger partial charge in [0.15, 0.2) is 5.78 Å². The average molecular weight is 1180 g/mol.